The minimum absolute atomic E-state index is 0. The van der Waals surface area contributed by atoms with E-state index in [1.54, 1.807) is 0 Å². The summed E-state index contributed by atoms with van der Waals surface area (Å²) in [6.07, 6.45) is 0. The fourth-order valence-electron chi connectivity index (χ4n) is 0. The van der Waals surface area contributed by atoms with Gasteiger partial charge in [0.1, 0.15) is 0 Å². The second kappa shape index (κ2) is 2230. The van der Waals surface area contributed by atoms with Gasteiger partial charge in [-0.3, -0.25) is 0 Å². The van der Waals surface area contributed by atoms with Crippen LogP contribution in [0.2, 0.25) is 0 Å². The summed E-state index contributed by atoms with van der Waals surface area (Å²) in [7, 11) is 1.00. The third-order valence-corrected chi connectivity index (χ3v) is 0. The van der Waals surface area contributed by atoms with Crippen molar-refractivity contribution in [2.24, 2.45) is 0 Å². The summed E-state index contributed by atoms with van der Waals surface area (Å²) < 4.78 is 0. The molecule has 3 heteroatoms. The van der Waals surface area contributed by atoms with Gasteiger partial charge < -0.3 is 17.4 Å². The molecule has 0 atom stereocenters. The van der Waals surface area contributed by atoms with E-state index in [1.807, 2.05) is 0 Å². The predicted octanol–water partition coefficient (Wildman–Crippen LogP) is 0.569. The topological polar surface area (TPSA) is 90.2 Å². The van der Waals surface area contributed by atoms with Crippen LogP contribution in [-0.2, 0) is 0 Å². The van der Waals surface area contributed by atoms with Gasteiger partial charge in [-0.1, -0.05) is 7.43 Å². The van der Waals surface area contributed by atoms with Crippen molar-refractivity contribution in [2.45, 2.75) is 7.43 Å². The Kier molecular flexibility index (Phi) is 42400. The van der Waals surface area contributed by atoms with Crippen LogP contribution in [0.15, 0.2) is 0 Å². The maximum atomic E-state index is 7.00. The van der Waals surface area contributed by atoms with Gasteiger partial charge in [0.05, 0.1) is 0 Å². The molecule has 38 valence electrons. The lowest BCUT2D eigenvalue weighted by molar-refractivity contribution is 0.399. The van der Waals surface area contributed by atoms with Crippen LogP contribution in [0.25, 0.3) is 0 Å². The summed E-state index contributed by atoms with van der Waals surface area (Å²) in [6.45, 7) is 0. The second-order valence-electron chi connectivity index (χ2n) is 0. The highest BCUT2D eigenvalue weighted by atomic mass is 16.2. The third kappa shape index (κ3) is 952. The molecule has 0 spiro atoms. The average molecular weight is 82.1 g/mol. The Morgan fingerprint density at radius 3 is 1.00 bits per heavy atom. The molecule has 0 aromatic rings. The fraction of sp³-hybridized carbons (Fsp3) is 1.00. The van der Waals surface area contributed by atoms with Crippen molar-refractivity contribution >= 4 is 0 Å². The lowest BCUT2D eigenvalue weighted by atomic mass is 11.8. The van der Waals surface area contributed by atoms with E-state index >= 15 is 0 Å². The van der Waals surface area contributed by atoms with Crippen LogP contribution in [0, 0.1) is 0 Å². The van der Waals surface area contributed by atoms with Crippen LogP contribution < -0.4 is 12.3 Å². The zero-order valence-electron chi connectivity index (χ0n) is 2.86. The first-order valence-corrected chi connectivity index (χ1v) is 0.447. The van der Waals surface area contributed by atoms with Crippen molar-refractivity contribution in [2.75, 3.05) is 7.11 Å². The van der Waals surface area contributed by atoms with Gasteiger partial charge in [0, 0.05) is 7.11 Å². The Morgan fingerprint density at radius 2 is 1.00 bits per heavy atom. The first-order valence-electron chi connectivity index (χ1n) is 0.447. The highest BCUT2D eigenvalue weighted by molar-refractivity contribution is 3.18. The molecule has 0 fully saturated rings. The van der Waals surface area contributed by atoms with Crippen LogP contribution in [-0.4, -0.2) is 12.2 Å². The Hall–Kier alpha value is -0.120. The van der Waals surface area contributed by atoms with E-state index < -0.39 is 0 Å². The van der Waals surface area contributed by atoms with Crippen molar-refractivity contribution in [3.05, 3.63) is 0 Å². The molecule has 0 heterocycles. The third-order valence-electron chi connectivity index (χ3n) is 0. The first kappa shape index (κ1) is 94.9. The molecule has 0 bridgehead atoms. The molecule has 5 heavy (non-hydrogen) atoms. The second-order valence-corrected chi connectivity index (χ2v) is 0. The van der Waals surface area contributed by atoms with Gasteiger partial charge in [-0.15, -0.1) is 0 Å². The molecule has 0 aromatic carbocycles. The Labute approximate surface area is 33.2 Å². The van der Waals surface area contributed by atoms with Crippen molar-refractivity contribution in [1.29, 1.82) is 0 Å². The molecule has 7 N–H and O–H groups in total. The van der Waals surface area contributed by atoms with E-state index in [0.29, 0.717) is 0 Å². The van der Waals surface area contributed by atoms with E-state index in [9.17, 15) is 0 Å². The summed E-state index contributed by atoms with van der Waals surface area (Å²) in [5.74, 6) is 0. The van der Waals surface area contributed by atoms with E-state index in [0.717, 1.165) is 7.11 Å². The van der Waals surface area contributed by atoms with E-state index in [4.69, 9.17) is 5.11 Å². The largest absolute Gasteiger partial charge is 0.400 e. The molecule has 0 amide bonds. The molecule has 0 aliphatic carbocycles. The van der Waals surface area contributed by atoms with Crippen molar-refractivity contribution < 1.29 is 5.11 Å². The Balaban J connectivity index is -0.00000000167. The quantitative estimate of drug-likeness (QED) is 0.399. The molecule has 0 aliphatic heterocycles. The van der Waals surface area contributed by atoms with Crippen molar-refractivity contribution in [1.82, 2.24) is 12.3 Å². The SMILES string of the molecule is C.CO.N.N. The Bertz CT molecular complexity index is 7.61. The molecule has 0 unspecified atom stereocenters. The summed E-state index contributed by atoms with van der Waals surface area (Å²) in [5.41, 5.74) is 0. The van der Waals surface area contributed by atoms with Gasteiger partial charge in [0.25, 0.3) is 0 Å². The molecule has 0 aromatic heterocycles. The van der Waals surface area contributed by atoms with Crippen LogP contribution in [0.3, 0.4) is 0 Å². The molecular weight excluding hydrogens is 68.0 g/mol. The summed E-state index contributed by atoms with van der Waals surface area (Å²) in [5, 5.41) is 7.00. The molecule has 0 saturated carbocycles. The molecular formula is C2H14N2O. The number of hydrogen-bond donors (Lipinski definition) is 3. The fourth-order valence-corrected chi connectivity index (χ4v) is 0. The van der Waals surface area contributed by atoms with Crippen molar-refractivity contribution in [3.63, 3.8) is 0 Å². The first-order chi connectivity index (χ1) is 1.00. The summed E-state index contributed by atoms with van der Waals surface area (Å²) in [4.78, 5) is 0. The normalized spacial score (nSPS) is 1.20. The van der Waals surface area contributed by atoms with E-state index in [2.05, 4.69) is 0 Å². The number of rotatable bonds is 0. The van der Waals surface area contributed by atoms with Gasteiger partial charge in [0.2, 0.25) is 0 Å². The van der Waals surface area contributed by atoms with Crippen molar-refractivity contribution in [3.8, 4) is 0 Å². The lowest BCUT2D eigenvalue weighted by Crippen LogP contribution is -1.25. The number of aliphatic hydroxyl groups excluding tert-OH is 1. The average Bonchev–Trinajstić information content (AvgIpc) is 1.00. The zero-order valence-corrected chi connectivity index (χ0v) is 2.86. The highest BCUT2D eigenvalue weighted by Crippen LogP contribution is 0.755. The van der Waals surface area contributed by atoms with E-state index in [1.165, 1.54) is 0 Å². The van der Waals surface area contributed by atoms with E-state index in [-0.39, 0.29) is 19.7 Å². The van der Waals surface area contributed by atoms with Gasteiger partial charge in [-0.2, -0.15) is 0 Å². The molecule has 0 rings (SSSR count). The molecule has 3 nitrogen and oxygen atoms in total. The minimum atomic E-state index is 0. The van der Waals surface area contributed by atoms with Gasteiger partial charge in [0.15, 0.2) is 0 Å². The zero-order chi connectivity index (χ0) is 2.00. The summed E-state index contributed by atoms with van der Waals surface area (Å²) in [6, 6.07) is 0. The monoisotopic (exact) mass is 82.1 g/mol. The number of hydrogen-bond acceptors (Lipinski definition) is 3. The number of aliphatic hydroxyl groups is 1. The van der Waals surface area contributed by atoms with Crippen LogP contribution in [0.5, 0.6) is 0 Å². The van der Waals surface area contributed by atoms with Gasteiger partial charge in [-0.25, -0.2) is 0 Å². The maximum absolute atomic E-state index is 7.00. The molecule has 0 saturated heterocycles. The standard InChI is InChI=1S/CH4O.CH4.2H3N/c1-2;;;/h2H,1H3;1H4;2*1H3. The van der Waals surface area contributed by atoms with Gasteiger partial charge >= 0.3 is 0 Å². The molecule has 0 radical (unpaired) electrons. The summed E-state index contributed by atoms with van der Waals surface area (Å²) >= 11 is 0. The minimum Gasteiger partial charge on any atom is -0.400 e. The Morgan fingerprint density at radius 1 is 1.00 bits per heavy atom. The maximum Gasteiger partial charge on any atom is 0.0319 e. The van der Waals surface area contributed by atoms with Crippen LogP contribution >= 0.6 is 0 Å². The van der Waals surface area contributed by atoms with Gasteiger partial charge in [-0.05, 0) is 0 Å². The van der Waals surface area contributed by atoms with Crippen LogP contribution in [0.4, 0.5) is 0 Å². The smallest absolute Gasteiger partial charge is 0.0319 e. The van der Waals surface area contributed by atoms with Crippen LogP contribution in [0.1, 0.15) is 7.43 Å². The lowest BCUT2D eigenvalue weighted by Gasteiger charge is -1.21. The molecule has 0 aliphatic rings. The highest BCUT2D eigenvalue weighted by Gasteiger charge is 0.839. The predicted molar refractivity (Wildman–Crippen MR) is 24.9 cm³/mol.